The van der Waals surface area contributed by atoms with E-state index in [1.54, 1.807) is 6.20 Å². The topological polar surface area (TPSA) is 49.8 Å². The molecule has 0 saturated heterocycles. The Morgan fingerprint density at radius 1 is 1.32 bits per heavy atom. The molecule has 106 valence electrons. The van der Waals surface area contributed by atoms with Gasteiger partial charge in [-0.15, -0.1) is 0 Å². The van der Waals surface area contributed by atoms with Crippen LogP contribution < -0.4 is 10.6 Å². The summed E-state index contributed by atoms with van der Waals surface area (Å²) in [4.78, 5) is 8.52. The van der Waals surface area contributed by atoms with E-state index in [9.17, 15) is 0 Å². The molecule has 0 amide bonds. The van der Waals surface area contributed by atoms with Gasteiger partial charge in [-0.3, -0.25) is 0 Å². The lowest BCUT2D eigenvalue weighted by Crippen LogP contribution is -2.35. The van der Waals surface area contributed by atoms with Gasteiger partial charge >= 0.3 is 0 Å². The molecule has 1 aliphatic rings. The SMILES string of the molecule is CNc1ncc(Cl)c(NC2CCCCC2C(C)C)n1. The van der Waals surface area contributed by atoms with Crippen molar-refractivity contribution in [3.05, 3.63) is 11.2 Å². The third-order valence-electron chi connectivity index (χ3n) is 3.97. The Balaban J connectivity index is 2.14. The molecule has 1 aromatic heterocycles. The highest BCUT2D eigenvalue weighted by Crippen LogP contribution is 2.33. The lowest BCUT2D eigenvalue weighted by molar-refractivity contribution is 0.253. The van der Waals surface area contributed by atoms with Gasteiger partial charge in [0.2, 0.25) is 5.95 Å². The second kappa shape index (κ2) is 6.42. The van der Waals surface area contributed by atoms with Crippen LogP contribution in [0.15, 0.2) is 6.20 Å². The van der Waals surface area contributed by atoms with Crippen molar-refractivity contribution in [3.8, 4) is 0 Å². The Bertz CT molecular complexity index is 422. The van der Waals surface area contributed by atoms with Crippen molar-refractivity contribution in [2.24, 2.45) is 11.8 Å². The van der Waals surface area contributed by atoms with Crippen LogP contribution in [-0.4, -0.2) is 23.1 Å². The summed E-state index contributed by atoms with van der Waals surface area (Å²) in [6.07, 6.45) is 6.74. The van der Waals surface area contributed by atoms with Gasteiger partial charge in [0.05, 0.1) is 6.20 Å². The maximum Gasteiger partial charge on any atom is 0.224 e. The predicted molar refractivity (Wildman–Crippen MR) is 80.8 cm³/mol. The third kappa shape index (κ3) is 3.50. The van der Waals surface area contributed by atoms with E-state index in [0.717, 1.165) is 5.82 Å². The number of rotatable bonds is 4. The Morgan fingerprint density at radius 2 is 2.05 bits per heavy atom. The lowest BCUT2D eigenvalue weighted by Gasteiger charge is -2.35. The molecule has 2 atom stereocenters. The fourth-order valence-electron chi connectivity index (χ4n) is 2.90. The first-order valence-corrected chi connectivity index (χ1v) is 7.46. The number of hydrogen-bond donors (Lipinski definition) is 2. The van der Waals surface area contributed by atoms with Crippen LogP contribution in [0.1, 0.15) is 39.5 Å². The molecular formula is C14H23ClN4. The van der Waals surface area contributed by atoms with Crippen LogP contribution in [0.25, 0.3) is 0 Å². The van der Waals surface area contributed by atoms with Gasteiger partial charge in [0.15, 0.2) is 5.82 Å². The zero-order valence-electron chi connectivity index (χ0n) is 11.9. The molecule has 19 heavy (non-hydrogen) atoms. The first-order chi connectivity index (χ1) is 9.11. The highest BCUT2D eigenvalue weighted by atomic mass is 35.5. The first-order valence-electron chi connectivity index (χ1n) is 7.08. The van der Waals surface area contributed by atoms with Crippen LogP contribution in [-0.2, 0) is 0 Å². The van der Waals surface area contributed by atoms with Crippen molar-refractivity contribution in [3.63, 3.8) is 0 Å². The van der Waals surface area contributed by atoms with E-state index in [0.29, 0.717) is 28.8 Å². The summed E-state index contributed by atoms with van der Waals surface area (Å²) >= 11 is 6.18. The monoisotopic (exact) mass is 282 g/mol. The Labute approximate surface area is 120 Å². The van der Waals surface area contributed by atoms with Gasteiger partial charge in [-0.1, -0.05) is 38.3 Å². The van der Waals surface area contributed by atoms with Gasteiger partial charge in [-0.25, -0.2) is 4.98 Å². The van der Waals surface area contributed by atoms with E-state index in [1.807, 2.05) is 7.05 Å². The minimum Gasteiger partial charge on any atom is -0.366 e. The van der Waals surface area contributed by atoms with Crippen LogP contribution in [0, 0.1) is 11.8 Å². The van der Waals surface area contributed by atoms with Crippen molar-refractivity contribution in [1.29, 1.82) is 0 Å². The van der Waals surface area contributed by atoms with Crippen molar-refractivity contribution in [2.75, 3.05) is 17.7 Å². The van der Waals surface area contributed by atoms with Gasteiger partial charge in [0.1, 0.15) is 5.02 Å². The van der Waals surface area contributed by atoms with Crippen LogP contribution in [0.5, 0.6) is 0 Å². The number of aromatic nitrogens is 2. The van der Waals surface area contributed by atoms with Gasteiger partial charge in [0.25, 0.3) is 0 Å². The number of nitrogens with one attached hydrogen (secondary N) is 2. The van der Waals surface area contributed by atoms with Crippen LogP contribution >= 0.6 is 11.6 Å². The number of anilines is 2. The quantitative estimate of drug-likeness (QED) is 0.882. The molecule has 2 N–H and O–H groups in total. The fourth-order valence-corrected chi connectivity index (χ4v) is 3.05. The molecule has 0 bridgehead atoms. The second-order valence-electron chi connectivity index (χ2n) is 5.58. The van der Waals surface area contributed by atoms with Crippen LogP contribution in [0.4, 0.5) is 11.8 Å². The van der Waals surface area contributed by atoms with Crippen molar-refractivity contribution >= 4 is 23.4 Å². The molecule has 2 unspecified atom stereocenters. The summed E-state index contributed by atoms with van der Waals surface area (Å²) in [5, 5.41) is 7.07. The zero-order valence-corrected chi connectivity index (χ0v) is 12.7. The maximum atomic E-state index is 6.18. The summed E-state index contributed by atoms with van der Waals surface area (Å²) in [5.74, 6) is 2.72. The van der Waals surface area contributed by atoms with Crippen molar-refractivity contribution < 1.29 is 0 Å². The normalized spacial score (nSPS) is 23.4. The van der Waals surface area contributed by atoms with E-state index in [4.69, 9.17) is 11.6 Å². The zero-order chi connectivity index (χ0) is 13.8. The summed E-state index contributed by atoms with van der Waals surface area (Å²) in [6.45, 7) is 4.59. The highest BCUT2D eigenvalue weighted by Gasteiger charge is 2.28. The summed E-state index contributed by atoms with van der Waals surface area (Å²) in [6, 6.07) is 0.464. The highest BCUT2D eigenvalue weighted by molar-refractivity contribution is 6.32. The standard InChI is InChI=1S/C14H23ClN4/c1-9(2)10-6-4-5-7-12(10)18-13-11(15)8-17-14(16-3)19-13/h8-10,12H,4-7H2,1-3H3,(H2,16,17,18,19). The van der Waals surface area contributed by atoms with E-state index in [2.05, 4.69) is 34.4 Å². The predicted octanol–water partition coefficient (Wildman–Crippen LogP) is 3.80. The van der Waals surface area contributed by atoms with E-state index in [1.165, 1.54) is 25.7 Å². The van der Waals surface area contributed by atoms with Crippen molar-refractivity contribution in [2.45, 2.75) is 45.6 Å². The Hall–Kier alpha value is -1.03. The molecular weight excluding hydrogens is 260 g/mol. The van der Waals surface area contributed by atoms with Gasteiger partial charge in [-0.2, -0.15) is 4.98 Å². The van der Waals surface area contributed by atoms with E-state index in [-0.39, 0.29) is 0 Å². The molecule has 1 fully saturated rings. The fraction of sp³-hybridized carbons (Fsp3) is 0.714. The molecule has 1 heterocycles. The largest absolute Gasteiger partial charge is 0.366 e. The summed E-state index contributed by atoms with van der Waals surface area (Å²) in [7, 11) is 1.81. The molecule has 1 aliphatic carbocycles. The molecule has 5 heteroatoms. The van der Waals surface area contributed by atoms with Crippen LogP contribution in [0.2, 0.25) is 5.02 Å². The third-order valence-corrected chi connectivity index (χ3v) is 4.24. The minimum atomic E-state index is 0.464. The lowest BCUT2D eigenvalue weighted by atomic mass is 9.78. The Morgan fingerprint density at radius 3 is 2.74 bits per heavy atom. The number of halogens is 1. The molecule has 2 rings (SSSR count). The average molecular weight is 283 g/mol. The second-order valence-corrected chi connectivity index (χ2v) is 5.99. The van der Waals surface area contributed by atoms with E-state index < -0.39 is 0 Å². The summed E-state index contributed by atoms with van der Waals surface area (Å²) in [5.41, 5.74) is 0. The summed E-state index contributed by atoms with van der Waals surface area (Å²) < 4.78 is 0. The van der Waals surface area contributed by atoms with Gasteiger partial charge < -0.3 is 10.6 Å². The van der Waals surface area contributed by atoms with Crippen molar-refractivity contribution in [1.82, 2.24) is 9.97 Å². The minimum absolute atomic E-state index is 0.464. The number of hydrogen-bond acceptors (Lipinski definition) is 4. The molecule has 1 saturated carbocycles. The molecule has 4 nitrogen and oxygen atoms in total. The van der Waals surface area contributed by atoms with Gasteiger partial charge in [0, 0.05) is 13.1 Å². The number of nitrogens with zero attached hydrogens (tertiary/aromatic N) is 2. The molecule has 0 aliphatic heterocycles. The first kappa shape index (κ1) is 14.4. The van der Waals surface area contributed by atoms with E-state index >= 15 is 0 Å². The van der Waals surface area contributed by atoms with Crippen LogP contribution in [0.3, 0.4) is 0 Å². The average Bonchev–Trinajstić information content (AvgIpc) is 2.41. The molecule has 0 spiro atoms. The molecule has 0 aromatic carbocycles. The molecule has 0 radical (unpaired) electrons. The smallest absolute Gasteiger partial charge is 0.224 e. The molecule has 1 aromatic rings. The maximum absolute atomic E-state index is 6.18. The van der Waals surface area contributed by atoms with Gasteiger partial charge in [-0.05, 0) is 24.7 Å². The Kier molecular flexibility index (Phi) is 4.86.